The van der Waals surface area contributed by atoms with Crippen molar-refractivity contribution in [2.24, 2.45) is 0 Å². The van der Waals surface area contributed by atoms with Crippen LogP contribution < -0.4 is 0 Å². The minimum atomic E-state index is 0.402. The minimum Gasteiger partial charge on any atom is -0.285 e. The van der Waals surface area contributed by atoms with Gasteiger partial charge in [-0.1, -0.05) is 0 Å². The van der Waals surface area contributed by atoms with Gasteiger partial charge in [0.25, 0.3) is 0 Å². The van der Waals surface area contributed by atoms with E-state index in [0.717, 1.165) is 16.8 Å². The van der Waals surface area contributed by atoms with Crippen LogP contribution in [0.4, 0.5) is 0 Å². The van der Waals surface area contributed by atoms with E-state index >= 15 is 0 Å². The predicted molar refractivity (Wildman–Crippen MR) is 53.9 cm³/mol. The number of aromatic amines is 1. The molecule has 0 saturated carbocycles. The zero-order chi connectivity index (χ0) is 9.97. The maximum Gasteiger partial charge on any atom is 0.162 e. The smallest absolute Gasteiger partial charge is 0.162 e. The summed E-state index contributed by atoms with van der Waals surface area (Å²) < 4.78 is 0. The Morgan fingerprint density at radius 3 is 2.93 bits per heavy atom. The van der Waals surface area contributed by atoms with Gasteiger partial charge in [-0.3, -0.25) is 5.10 Å². The largest absolute Gasteiger partial charge is 0.285 e. The van der Waals surface area contributed by atoms with Gasteiger partial charge in [-0.2, -0.15) is 5.10 Å². The first-order valence-corrected chi connectivity index (χ1v) is 4.72. The van der Waals surface area contributed by atoms with Crippen LogP contribution in [0.1, 0.15) is 11.3 Å². The second-order valence-corrected chi connectivity index (χ2v) is 3.21. The molecule has 0 aliphatic heterocycles. The summed E-state index contributed by atoms with van der Waals surface area (Å²) in [5.74, 6) is 1.05. The molecule has 0 aliphatic rings. The van der Waals surface area contributed by atoms with Crippen LogP contribution in [-0.4, -0.2) is 20.2 Å². The Labute approximate surface area is 86.4 Å². The molecule has 72 valence electrons. The van der Waals surface area contributed by atoms with E-state index < -0.39 is 0 Å². The average Bonchev–Trinajstić information content (AvgIpc) is 2.71. The van der Waals surface area contributed by atoms with Crippen LogP contribution in [0.25, 0.3) is 11.4 Å². The summed E-state index contributed by atoms with van der Waals surface area (Å²) in [5, 5.41) is 6.56. The van der Waals surface area contributed by atoms with E-state index in [1.807, 2.05) is 6.92 Å². The Balaban J connectivity index is 2.46. The number of hydrogen-bond donors (Lipinski definition) is 1. The monoisotopic (exact) mass is 208 g/mol. The molecule has 0 aliphatic carbocycles. The van der Waals surface area contributed by atoms with E-state index in [1.165, 1.54) is 0 Å². The number of H-pyrrole nitrogens is 1. The topological polar surface area (TPSA) is 54.5 Å². The van der Waals surface area contributed by atoms with E-state index in [4.69, 9.17) is 11.6 Å². The molecular formula is C9H9ClN4. The third-order valence-electron chi connectivity index (χ3n) is 1.96. The highest BCUT2D eigenvalue weighted by molar-refractivity contribution is 6.17. The summed E-state index contributed by atoms with van der Waals surface area (Å²) >= 11 is 5.75. The lowest BCUT2D eigenvalue weighted by atomic mass is 10.2. The van der Waals surface area contributed by atoms with Crippen molar-refractivity contribution >= 4 is 11.6 Å². The standard InChI is InChI=1S/C9H9ClN4/c1-6-3-11-9(14-8(6)2-10)7-4-12-13-5-7/h3-5H,2H2,1H3,(H,12,13). The molecule has 5 heteroatoms. The van der Waals surface area contributed by atoms with Gasteiger partial charge < -0.3 is 0 Å². The molecule has 0 bridgehead atoms. The summed E-state index contributed by atoms with van der Waals surface area (Å²) in [6, 6.07) is 0. The molecule has 0 spiro atoms. The highest BCUT2D eigenvalue weighted by Gasteiger charge is 2.05. The Morgan fingerprint density at radius 1 is 1.43 bits per heavy atom. The van der Waals surface area contributed by atoms with Crippen LogP contribution in [0.2, 0.25) is 0 Å². The molecule has 0 fully saturated rings. The van der Waals surface area contributed by atoms with Crippen molar-refractivity contribution in [3.8, 4) is 11.4 Å². The molecule has 4 nitrogen and oxygen atoms in total. The molecule has 0 radical (unpaired) electrons. The van der Waals surface area contributed by atoms with Crippen molar-refractivity contribution < 1.29 is 0 Å². The van der Waals surface area contributed by atoms with Gasteiger partial charge >= 0.3 is 0 Å². The highest BCUT2D eigenvalue weighted by atomic mass is 35.5. The molecule has 0 atom stereocenters. The second kappa shape index (κ2) is 3.75. The first-order valence-electron chi connectivity index (χ1n) is 4.19. The quantitative estimate of drug-likeness (QED) is 0.768. The summed E-state index contributed by atoms with van der Waals surface area (Å²) in [7, 11) is 0. The van der Waals surface area contributed by atoms with Gasteiger partial charge in [0.2, 0.25) is 0 Å². The maximum atomic E-state index is 5.75. The van der Waals surface area contributed by atoms with Crippen molar-refractivity contribution in [3.05, 3.63) is 29.8 Å². The van der Waals surface area contributed by atoms with Crippen molar-refractivity contribution in [2.75, 3.05) is 0 Å². The molecule has 0 amide bonds. The second-order valence-electron chi connectivity index (χ2n) is 2.94. The Kier molecular flexibility index (Phi) is 2.45. The number of halogens is 1. The Hall–Kier alpha value is -1.42. The van der Waals surface area contributed by atoms with E-state index in [0.29, 0.717) is 11.7 Å². The van der Waals surface area contributed by atoms with E-state index in [9.17, 15) is 0 Å². The maximum absolute atomic E-state index is 5.75. The van der Waals surface area contributed by atoms with Crippen LogP contribution >= 0.6 is 11.6 Å². The highest BCUT2D eigenvalue weighted by Crippen LogP contribution is 2.15. The summed E-state index contributed by atoms with van der Waals surface area (Å²) in [5.41, 5.74) is 2.74. The van der Waals surface area contributed by atoms with Crippen LogP contribution in [0.3, 0.4) is 0 Å². The number of alkyl halides is 1. The van der Waals surface area contributed by atoms with E-state index in [-0.39, 0.29) is 0 Å². The van der Waals surface area contributed by atoms with Gasteiger partial charge in [0.15, 0.2) is 5.82 Å². The fourth-order valence-corrected chi connectivity index (χ4v) is 1.40. The van der Waals surface area contributed by atoms with E-state index in [1.54, 1.807) is 18.6 Å². The first kappa shape index (κ1) is 9.15. The molecule has 2 rings (SSSR count). The predicted octanol–water partition coefficient (Wildman–Crippen LogP) is 1.91. The molecule has 2 aromatic heterocycles. The number of nitrogens with one attached hydrogen (secondary N) is 1. The molecule has 1 N–H and O–H groups in total. The van der Waals surface area contributed by atoms with Crippen molar-refractivity contribution in [3.63, 3.8) is 0 Å². The number of aromatic nitrogens is 4. The number of nitrogens with zero attached hydrogens (tertiary/aromatic N) is 3. The fraction of sp³-hybridized carbons (Fsp3) is 0.222. The molecular weight excluding hydrogens is 200 g/mol. The van der Waals surface area contributed by atoms with Gasteiger partial charge in [-0.15, -0.1) is 11.6 Å². The summed E-state index contributed by atoms with van der Waals surface area (Å²) in [6.07, 6.45) is 5.21. The molecule has 0 saturated heterocycles. The van der Waals surface area contributed by atoms with Gasteiger partial charge in [0.05, 0.1) is 23.3 Å². The van der Waals surface area contributed by atoms with Crippen LogP contribution in [0.15, 0.2) is 18.6 Å². The number of hydrogen-bond acceptors (Lipinski definition) is 3. The van der Waals surface area contributed by atoms with Crippen LogP contribution in [0, 0.1) is 6.92 Å². The van der Waals surface area contributed by atoms with E-state index in [2.05, 4.69) is 20.2 Å². The Morgan fingerprint density at radius 2 is 2.29 bits per heavy atom. The van der Waals surface area contributed by atoms with Crippen molar-refractivity contribution in [2.45, 2.75) is 12.8 Å². The lowest BCUT2D eigenvalue weighted by molar-refractivity contribution is 1.05. The molecule has 0 aromatic carbocycles. The van der Waals surface area contributed by atoms with Crippen molar-refractivity contribution in [1.82, 2.24) is 20.2 Å². The average molecular weight is 209 g/mol. The lowest BCUT2D eigenvalue weighted by Crippen LogP contribution is -1.95. The third kappa shape index (κ3) is 1.61. The fourth-order valence-electron chi connectivity index (χ4n) is 1.12. The summed E-state index contributed by atoms with van der Waals surface area (Å²) in [6.45, 7) is 1.94. The van der Waals surface area contributed by atoms with Crippen LogP contribution in [-0.2, 0) is 5.88 Å². The molecule has 2 heterocycles. The first-order chi connectivity index (χ1) is 6.81. The molecule has 14 heavy (non-hydrogen) atoms. The molecule has 0 unspecified atom stereocenters. The normalized spacial score (nSPS) is 10.4. The zero-order valence-electron chi connectivity index (χ0n) is 7.66. The SMILES string of the molecule is Cc1cnc(-c2cn[nH]c2)nc1CCl. The van der Waals surface area contributed by atoms with Gasteiger partial charge in [-0.05, 0) is 12.5 Å². The number of rotatable bonds is 2. The molecule has 2 aromatic rings. The number of aryl methyl sites for hydroxylation is 1. The Bertz CT molecular complexity index is 424. The van der Waals surface area contributed by atoms with Gasteiger partial charge in [-0.25, -0.2) is 9.97 Å². The zero-order valence-corrected chi connectivity index (χ0v) is 8.41. The van der Waals surface area contributed by atoms with Gasteiger partial charge in [0, 0.05) is 12.4 Å². The lowest BCUT2D eigenvalue weighted by Gasteiger charge is -2.01. The third-order valence-corrected chi connectivity index (χ3v) is 2.21. The van der Waals surface area contributed by atoms with Crippen LogP contribution in [0.5, 0.6) is 0 Å². The summed E-state index contributed by atoms with van der Waals surface area (Å²) in [4.78, 5) is 8.53. The van der Waals surface area contributed by atoms with Crippen molar-refractivity contribution in [1.29, 1.82) is 0 Å². The minimum absolute atomic E-state index is 0.402. The van der Waals surface area contributed by atoms with Gasteiger partial charge in [0.1, 0.15) is 0 Å².